The van der Waals surface area contributed by atoms with Crippen LogP contribution in [0.2, 0.25) is 0 Å². The second-order valence-electron chi connectivity index (χ2n) is 3.25. The van der Waals surface area contributed by atoms with Crippen molar-refractivity contribution >= 4 is 0 Å². The highest BCUT2D eigenvalue weighted by Gasteiger charge is 2.21. The van der Waals surface area contributed by atoms with Gasteiger partial charge in [-0.2, -0.15) is 0 Å². The molecular weight excluding hydrogens is 124 g/mol. The molecule has 0 atom stereocenters. The van der Waals surface area contributed by atoms with Gasteiger partial charge in [-0.15, -0.1) is 6.42 Å². The van der Waals surface area contributed by atoms with Crippen LogP contribution in [0.4, 0.5) is 0 Å². The quantitative estimate of drug-likeness (QED) is 0.545. The van der Waals surface area contributed by atoms with Gasteiger partial charge in [0.1, 0.15) is 6.61 Å². The Morgan fingerprint density at radius 3 is 2.30 bits per heavy atom. The molecule has 0 unspecified atom stereocenters. The number of terminal acetylenes is 1. The summed E-state index contributed by atoms with van der Waals surface area (Å²) < 4.78 is 5.40. The third-order valence-corrected chi connectivity index (χ3v) is 1.92. The Labute approximate surface area is 63.8 Å². The summed E-state index contributed by atoms with van der Waals surface area (Å²) in [6, 6.07) is 0. The first-order valence-corrected chi connectivity index (χ1v) is 3.58. The van der Waals surface area contributed by atoms with Gasteiger partial charge in [0, 0.05) is 0 Å². The van der Waals surface area contributed by atoms with E-state index in [0.29, 0.717) is 12.5 Å². The van der Waals surface area contributed by atoms with Crippen LogP contribution in [0.15, 0.2) is 0 Å². The molecule has 10 heavy (non-hydrogen) atoms. The van der Waals surface area contributed by atoms with Gasteiger partial charge >= 0.3 is 0 Å². The number of hydrogen-bond acceptors (Lipinski definition) is 1. The van der Waals surface area contributed by atoms with Gasteiger partial charge in [-0.1, -0.05) is 19.8 Å². The van der Waals surface area contributed by atoms with Gasteiger partial charge in [-0.3, -0.25) is 0 Å². The van der Waals surface area contributed by atoms with E-state index >= 15 is 0 Å². The number of hydrogen-bond donors (Lipinski definition) is 0. The fourth-order valence-electron chi connectivity index (χ4n) is 0.394. The Morgan fingerprint density at radius 1 is 1.50 bits per heavy atom. The molecule has 0 aromatic rings. The zero-order valence-corrected chi connectivity index (χ0v) is 7.27. The minimum Gasteiger partial charge on any atom is -0.363 e. The molecule has 0 aliphatic rings. The second kappa shape index (κ2) is 3.63. The zero-order valence-electron chi connectivity index (χ0n) is 7.27. The predicted molar refractivity (Wildman–Crippen MR) is 43.7 cm³/mol. The monoisotopic (exact) mass is 140 g/mol. The number of rotatable bonds is 3. The summed E-state index contributed by atoms with van der Waals surface area (Å²) >= 11 is 0. The molecule has 0 radical (unpaired) electrons. The minimum absolute atomic E-state index is 0.0909. The molecule has 0 saturated heterocycles. The fourth-order valence-corrected chi connectivity index (χ4v) is 0.394. The fraction of sp³-hybridized carbons (Fsp3) is 0.778. The van der Waals surface area contributed by atoms with Crippen molar-refractivity contribution in [2.24, 2.45) is 5.92 Å². The lowest BCUT2D eigenvalue weighted by molar-refractivity contribution is -0.0333. The molecule has 0 fully saturated rings. The van der Waals surface area contributed by atoms with Gasteiger partial charge in [0.05, 0.1) is 5.60 Å². The lowest BCUT2D eigenvalue weighted by atomic mass is 9.95. The summed E-state index contributed by atoms with van der Waals surface area (Å²) in [5.41, 5.74) is -0.0909. The van der Waals surface area contributed by atoms with Gasteiger partial charge < -0.3 is 4.74 Å². The maximum atomic E-state index is 5.40. The molecule has 0 aliphatic heterocycles. The predicted octanol–water partition coefficient (Wildman–Crippen LogP) is 2.07. The molecule has 0 amide bonds. The van der Waals surface area contributed by atoms with Crippen LogP contribution in [0, 0.1) is 18.3 Å². The molecular formula is C9H16O. The maximum absolute atomic E-state index is 5.40. The molecule has 1 heteroatoms. The van der Waals surface area contributed by atoms with E-state index in [1.54, 1.807) is 0 Å². The van der Waals surface area contributed by atoms with E-state index in [0.717, 1.165) is 0 Å². The van der Waals surface area contributed by atoms with E-state index in [-0.39, 0.29) is 5.60 Å². The highest BCUT2D eigenvalue weighted by atomic mass is 16.5. The van der Waals surface area contributed by atoms with E-state index < -0.39 is 0 Å². The van der Waals surface area contributed by atoms with Gasteiger partial charge in [0.2, 0.25) is 0 Å². The van der Waals surface area contributed by atoms with Gasteiger partial charge in [0.25, 0.3) is 0 Å². The molecule has 1 nitrogen and oxygen atoms in total. The molecule has 0 saturated carbocycles. The summed E-state index contributed by atoms with van der Waals surface area (Å²) in [4.78, 5) is 0. The average Bonchev–Trinajstić information content (AvgIpc) is 1.84. The van der Waals surface area contributed by atoms with Crippen LogP contribution in [-0.2, 0) is 4.74 Å². The summed E-state index contributed by atoms with van der Waals surface area (Å²) in [5, 5.41) is 0. The third-order valence-electron chi connectivity index (χ3n) is 1.92. The average molecular weight is 140 g/mol. The molecule has 0 aliphatic carbocycles. The SMILES string of the molecule is C#CCOC(C)(C)C(C)C. The Morgan fingerprint density at radius 2 is 2.00 bits per heavy atom. The van der Waals surface area contributed by atoms with E-state index in [2.05, 4.69) is 33.6 Å². The van der Waals surface area contributed by atoms with Crippen LogP contribution in [0.5, 0.6) is 0 Å². The van der Waals surface area contributed by atoms with Crippen LogP contribution in [0.25, 0.3) is 0 Å². The lowest BCUT2D eigenvalue weighted by Crippen LogP contribution is -2.31. The van der Waals surface area contributed by atoms with Crippen molar-refractivity contribution < 1.29 is 4.74 Å². The van der Waals surface area contributed by atoms with Crippen LogP contribution in [-0.4, -0.2) is 12.2 Å². The Kier molecular flexibility index (Phi) is 3.46. The van der Waals surface area contributed by atoms with Gasteiger partial charge in [-0.05, 0) is 19.8 Å². The maximum Gasteiger partial charge on any atom is 0.108 e. The summed E-state index contributed by atoms with van der Waals surface area (Å²) in [6.45, 7) is 8.75. The molecule has 0 N–H and O–H groups in total. The first-order chi connectivity index (χ1) is 4.50. The third kappa shape index (κ3) is 2.89. The van der Waals surface area contributed by atoms with Crippen LogP contribution >= 0.6 is 0 Å². The molecule has 0 spiro atoms. The molecule has 0 rings (SSSR count). The normalized spacial score (nSPS) is 11.6. The Bertz CT molecular complexity index is 128. The Hall–Kier alpha value is -0.480. The van der Waals surface area contributed by atoms with E-state index in [1.165, 1.54) is 0 Å². The highest BCUT2D eigenvalue weighted by Crippen LogP contribution is 2.19. The van der Waals surface area contributed by atoms with E-state index in [1.807, 2.05) is 0 Å². The largest absolute Gasteiger partial charge is 0.363 e. The minimum atomic E-state index is -0.0909. The topological polar surface area (TPSA) is 9.23 Å². The lowest BCUT2D eigenvalue weighted by Gasteiger charge is -2.28. The van der Waals surface area contributed by atoms with Crippen LogP contribution < -0.4 is 0 Å². The first kappa shape index (κ1) is 9.52. The summed E-state index contributed by atoms with van der Waals surface area (Å²) in [7, 11) is 0. The standard InChI is InChI=1S/C9H16O/c1-6-7-10-9(4,5)8(2)3/h1,8H,7H2,2-5H3. The van der Waals surface area contributed by atoms with E-state index in [4.69, 9.17) is 11.2 Å². The first-order valence-electron chi connectivity index (χ1n) is 3.58. The highest BCUT2D eigenvalue weighted by molar-refractivity contribution is 4.85. The van der Waals surface area contributed by atoms with Crippen molar-refractivity contribution in [2.45, 2.75) is 33.3 Å². The Balaban J connectivity index is 3.77. The van der Waals surface area contributed by atoms with Crippen molar-refractivity contribution in [2.75, 3.05) is 6.61 Å². The molecule has 0 aromatic carbocycles. The van der Waals surface area contributed by atoms with E-state index in [9.17, 15) is 0 Å². The molecule has 0 aromatic heterocycles. The van der Waals surface area contributed by atoms with Crippen molar-refractivity contribution in [3.05, 3.63) is 0 Å². The van der Waals surface area contributed by atoms with Crippen molar-refractivity contribution in [1.29, 1.82) is 0 Å². The number of ether oxygens (including phenoxy) is 1. The molecule has 0 bridgehead atoms. The van der Waals surface area contributed by atoms with Crippen LogP contribution in [0.3, 0.4) is 0 Å². The summed E-state index contributed by atoms with van der Waals surface area (Å²) in [6.07, 6.45) is 5.06. The second-order valence-corrected chi connectivity index (χ2v) is 3.25. The summed E-state index contributed by atoms with van der Waals surface area (Å²) in [5.74, 6) is 2.96. The molecule has 0 heterocycles. The van der Waals surface area contributed by atoms with Crippen LogP contribution in [0.1, 0.15) is 27.7 Å². The van der Waals surface area contributed by atoms with Gasteiger partial charge in [0.15, 0.2) is 0 Å². The zero-order chi connectivity index (χ0) is 8.20. The van der Waals surface area contributed by atoms with Crippen molar-refractivity contribution in [3.63, 3.8) is 0 Å². The van der Waals surface area contributed by atoms with Crippen molar-refractivity contribution in [3.8, 4) is 12.3 Å². The smallest absolute Gasteiger partial charge is 0.108 e. The van der Waals surface area contributed by atoms with Gasteiger partial charge in [-0.25, -0.2) is 0 Å². The van der Waals surface area contributed by atoms with Crippen molar-refractivity contribution in [1.82, 2.24) is 0 Å². The molecule has 58 valence electrons.